The molecule has 1 aliphatic rings. The van der Waals surface area contributed by atoms with Crippen LogP contribution in [0.5, 0.6) is 0 Å². The molecule has 67 heavy (non-hydrogen) atoms. The van der Waals surface area contributed by atoms with Crippen molar-refractivity contribution in [2.45, 2.75) is 277 Å². The Labute approximate surface area is 413 Å². The maximum atomic E-state index is 12.6. The van der Waals surface area contributed by atoms with Gasteiger partial charge in [-0.05, 0) is 62.2 Å². The molecule has 1 rings (SSSR count). The van der Waals surface area contributed by atoms with Crippen molar-refractivity contribution in [1.82, 2.24) is 0 Å². The van der Waals surface area contributed by atoms with E-state index in [9.17, 15) is 22.6 Å². The van der Waals surface area contributed by atoms with Crippen molar-refractivity contribution in [3.63, 3.8) is 0 Å². The van der Waals surface area contributed by atoms with Crippen molar-refractivity contribution in [2.24, 2.45) is 0 Å². The maximum Gasteiger partial charge on any atom is 0.310 e. The molecular formula is C58H97NO7S. The summed E-state index contributed by atoms with van der Waals surface area (Å²) >= 11 is 0. The topological polar surface area (TPSA) is 110 Å². The largest absolute Gasteiger partial charge is 0.748 e. The van der Waals surface area contributed by atoms with E-state index < -0.39 is 22.1 Å². The highest BCUT2D eigenvalue weighted by molar-refractivity contribution is 7.85. The Morgan fingerprint density at radius 2 is 0.776 bits per heavy atom. The van der Waals surface area contributed by atoms with Gasteiger partial charge in [-0.3, -0.25) is 14.1 Å². The molecule has 0 aromatic heterocycles. The molecule has 8 nitrogen and oxygen atoms in total. The molecule has 1 fully saturated rings. The zero-order valence-electron chi connectivity index (χ0n) is 43.1. The van der Waals surface area contributed by atoms with E-state index in [0.717, 1.165) is 103 Å². The molecule has 0 aliphatic carbocycles. The summed E-state index contributed by atoms with van der Waals surface area (Å²) in [6.45, 7) is 5.40. The number of hydrogen-bond acceptors (Lipinski definition) is 7. The highest BCUT2D eigenvalue weighted by atomic mass is 32.2. The van der Waals surface area contributed by atoms with Gasteiger partial charge in [0.2, 0.25) is 0 Å². The number of quaternary nitrogens is 1. The van der Waals surface area contributed by atoms with Gasteiger partial charge in [0.05, 0.1) is 12.3 Å². The molecule has 0 N–H and O–H groups in total. The molecule has 0 aromatic carbocycles. The normalized spacial score (nSPS) is 14.9. The number of ether oxygens (including phenoxy) is 2. The molecule has 0 amide bonds. The fraction of sp³-hybridized carbons (Fsp3) is 0.828. The fourth-order valence-electron chi connectivity index (χ4n) is 8.47. The lowest BCUT2D eigenvalue weighted by atomic mass is 10.1. The predicted octanol–water partition coefficient (Wildman–Crippen LogP) is 14.4. The highest BCUT2D eigenvalue weighted by Crippen LogP contribution is 2.32. The second-order valence-electron chi connectivity index (χ2n) is 19.3. The highest BCUT2D eigenvalue weighted by Gasteiger charge is 2.57. The Hall–Kier alpha value is -2.95. The third-order valence-electron chi connectivity index (χ3n) is 13.0. The van der Waals surface area contributed by atoms with E-state index in [0.29, 0.717) is 25.9 Å². The van der Waals surface area contributed by atoms with Crippen LogP contribution in [0.25, 0.3) is 0 Å². The number of carbonyl (C=O) groups excluding carboxylic acids is 2. The number of hydrogen-bond donors (Lipinski definition) is 0. The van der Waals surface area contributed by atoms with E-state index >= 15 is 0 Å². The molecule has 1 saturated heterocycles. The lowest BCUT2D eigenvalue weighted by Gasteiger charge is -2.21. The van der Waals surface area contributed by atoms with E-state index in [1.54, 1.807) is 0 Å². The Bertz CT molecular complexity index is 1600. The van der Waals surface area contributed by atoms with Gasteiger partial charge in [-0.15, -0.1) is 0 Å². The molecule has 0 saturated carbocycles. The standard InChI is InChI=1S/C58H97NO7S/c1-3-5-7-9-11-13-15-17-19-21-23-25-27-29-31-33-35-37-39-41-43-45-47-49-57(60)65-53-51-59(52-54-67(62,63)64)55-56(59)66-58(61)50-48-46-44-42-40-38-36-34-32-30-28-26-24-22-20-18-16-14-12-10-8-6-4-2/h56H,3-26,35-55H2,1-2H3. The second-order valence-corrected chi connectivity index (χ2v) is 20.8. The number of rotatable bonds is 45. The number of carbonyl (C=O) groups is 2. The van der Waals surface area contributed by atoms with Gasteiger partial charge < -0.3 is 14.0 Å². The fourth-order valence-corrected chi connectivity index (χ4v) is 9.06. The van der Waals surface area contributed by atoms with Crippen molar-refractivity contribution in [3.05, 3.63) is 0 Å². The van der Waals surface area contributed by atoms with Crippen LogP contribution in [0.1, 0.15) is 271 Å². The summed E-state index contributed by atoms with van der Waals surface area (Å²) in [5.74, 6) is 23.6. The van der Waals surface area contributed by atoms with Gasteiger partial charge in [-0.2, -0.15) is 0 Å². The smallest absolute Gasteiger partial charge is 0.310 e. The second kappa shape index (κ2) is 45.5. The molecule has 1 aliphatic heterocycles. The first kappa shape index (κ1) is 62.1. The SMILES string of the molecule is CCCCCCCCCCCCCC#CC#CCCCCCCCCC(=O)OCC[N+]1(CCS(=O)(=O)[O-])CC1OC(=O)CCCCCCCCC#CC#CCCCCCCCCCCCCC. The molecule has 9 heteroatoms. The minimum atomic E-state index is -4.43. The average molecular weight is 952 g/mol. The average Bonchev–Trinajstić information content (AvgIpc) is 3.99. The first-order chi connectivity index (χ1) is 32.7. The van der Waals surface area contributed by atoms with E-state index in [1.165, 1.54) is 141 Å². The first-order valence-electron chi connectivity index (χ1n) is 27.8. The van der Waals surface area contributed by atoms with E-state index in [4.69, 9.17) is 9.47 Å². The van der Waals surface area contributed by atoms with Gasteiger partial charge in [-0.1, -0.05) is 217 Å². The summed E-state index contributed by atoms with van der Waals surface area (Å²) in [5, 5.41) is 0. The monoisotopic (exact) mass is 952 g/mol. The van der Waals surface area contributed by atoms with Crippen molar-refractivity contribution < 1.29 is 36.5 Å². The lowest BCUT2D eigenvalue weighted by Crippen LogP contribution is -2.38. The number of nitrogens with zero attached hydrogens (tertiary/aromatic N) is 1. The molecule has 0 spiro atoms. The van der Waals surface area contributed by atoms with Gasteiger partial charge in [0.1, 0.15) is 23.3 Å². The zero-order chi connectivity index (χ0) is 48.6. The van der Waals surface area contributed by atoms with Crippen LogP contribution in [-0.4, -0.2) is 67.6 Å². The Balaban J connectivity index is 2.06. The van der Waals surface area contributed by atoms with Crippen molar-refractivity contribution in [2.75, 3.05) is 32.0 Å². The van der Waals surface area contributed by atoms with Gasteiger partial charge in [0.25, 0.3) is 6.23 Å². The molecule has 382 valence electrons. The van der Waals surface area contributed by atoms with Crippen molar-refractivity contribution in [1.29, 1.82) is 0 Å². The van der Waals surface area contributed by atoms with Crippen LogP contribution in [0, 0.1) is 47.4 Å². The van der Waals surface area contributed by atoms with Crippen molar-refractivity contribution in [3.8, 4) is 47.4 Å². The zero-order valence-corrected chi connectivity index (χ0v) is 43.9. The third-order valence-corrected chi connectivity index (χ3v) is 13.7. The summed E-state index contributed by atoms with van der Waals surface area (Å²) in [6.07, 6.45) is 45.4. The van der Waals surface area contributed by atoms with E-state index in [1.807, 2.05) is 0 Å². The summed E-state index contributed by atoms with van der Waals surface area (Å²) in [4.78, 5) is 25.0. The molecule has 0 aromatic rings. The van der Waals surface area contributed by atoms with Gasteiger partial charge in [0, 0.05) is 38.5 Å². The van der Waals surface area contributed by atoms with Crippen LogP contribution in [0.4, 0.5) is 0 Å². The van der Waals surface area contributed by atoms with E-state index in [2.05, 4.69) is 61.2 Å². The molecular weight excluding hydrogens is 855 g/mol. The molecule has 2 atom stereocenters. The van der Waals surface area contributed by atoms with Crippen LogP contribution >= 0.6 is 0 Å². The van der Waals surface area contributed by atoms with Gasteiger partial charge in [-0.25, -0.2) is 8.42 Å². The van der Waals surface area contributed by atoms with Gasteiger partial charge in [0.15, 0.2) is 6.54 Å². The summed E-state index contributed by atoms with van der Waals surface area (Å²) in [5.41, 5.74) is 0. The summed E-state index contributed by atoms with van der Waals surface area (Å²) < 4.78 is 45.6. The van der Waals surface area contributed by atoms with Crippen LogP contribution in [0.3, 0.4) is 0 Å². The third kappa shape index (κ3) is 42.9. The van der Waals surface area contributed by atoms with Gasteiger partial charge >= 0.3 is 11.9 Å². The molecule has 1 heterocycles. The quantitative estimate of drug-likeness (QED) is 0.0149. The molecule has 0 radical (unpaired) electrons. The maximum absolute atomic E-state index is 12.6. The van der Waals surface area contributed by atoms with Crippen LogP contribution < -0.4 is 0 Å². The summed E-state index contributed by atoms with van der Waals surface area (Å²) in [6, 6.07) is 0. The predicted molar refractivity (Wildman–Crippen MR) is 277 cm³/mol. The van der Waals surface area contributed by atoms with E-state index in [-0.39, 0.29) is 29.6 Å². The van der Waals surface area contributed by atoms with Crippen LogP contribution in [0.15, 0.2) is 0 Å². The Morgan fingerprint density at radius 1 is 0.463 bits per heavy atom. The minimum absolute atomic E-state index is 0.0379. The molecule has 2 unspecified atom stereocenters. The minimum Gasteiger partial charge on any atom is -0.748 e. The first-order valence-corrected chi connectivity index (χ1v) is 29.4. The number of unbranched alkanes of at least 4 members (excludes halogenated alkanes) is 34. The Kier molecular flexibility index (Phi) is 42.1. The Morgan fingerprint density at radius 3 is 1.12 bits per heavy atom. The van der Waals surface area contributed by atoms with Crippen LogP contribution in [-0.2, 0) is 29.2 Å². The molecule has 0 bridgehead atoms. The number of esters is 2. The van der Waals surface area contributed by atoms with Crippen LogP contribution in [0.2, 0.25) is 0 Å². The summed E-state index contributed by atoms with van der Waals surface area (Å²) in [7, 11) is -4.43. The lowest BCUT2D eigenvalue weighted by molar-refractivity contribution is -0.824. The van der Waals surface area contributed by atoms with Crippen molar-refractivity contribution >= 4 is 22.1 Å².